The van der Waals surface area contributed by atoms with Gasteiger partial charge < -0.3 is 10.2 Å². The zero-order chi connectivity index (χ0) is 14.8. The number of rotatable bonds is 6. The Morgan fingerprint density at radius 1 is 1.29 bits per heavy atom. The third-order valence-electron chi connectivity index (χ3n) is 4.04. The molecule has 1 aliphatic carbocycles. The number of aryl methyl sites for hydroxylation is 1. The van der Waals surface area contributed by atoms with Gasteiger partial charge in [0, 0.05) is 30.1 Å². The molecule has 0 amide bonds. The molecule has 0 atom stereocenters. The molecule has 4 heteroatoms. The lowest BCUT2D eigenvalue weighted by Crippen LogP contribution is -2.09. The van der Waals surface area contributed by atoms with Gasteiger partial charge in [-0.1, -0.05) is 30.4 Å². The monoisotopic (exact) mass is 301 g/mol. The summed E-state index contributed by atoms with van der Waals surface area (Å²) in [5.41, 5.74) is 3.90. The lowest BCUT2D eigenvalue weighted by atomic mass is 10.1. The smallest absolute Gasteiger partial charge is 0.190 e. The molecule has 21 heavy (non-hydrogen) atoms. The highest BCUT2D eigenvalue weighted by atomic mass is 32.1. The van der Waals surface area contributed by atoms with Crippen LogP contribution < -0.4 is 10.2 Å². The molecule has 112 valence electrons. The van der Waals surface area contributed by atoms with Crippen LogP contribution >= 0.6 is 11.3 Å². The number of benzene rings is 1. The molecule has 0 unspecified atom stereocenters. The van der Waals surface area contributed by atoms with Gasteiger partial charge >= 0.3 is 0 Å². The van der Waals surface area contributed by atoms with E-state index in [1.807, 2.05) is 18.4 Å². The van der Waals surface area contributed by atoms with Gasteiger partial charge in [0.2, 0.25) is 0 Å². The Balaban J connectivity index is 1.85. The highest BCUT2D eigenvalue weighted by Crippen LogP contribution is 2.44. The van der Waals surface area contributed by atoms with Gasteiger partial charge in [-0.3, -0.25) is 0 Å². The van der Waals surface area contributed by atoms with Gasteiger partial charge in [-0.25, -0.2) is 4.98 Å². The lowest BCUT2D eigenvalue weighted by molar-refractivity contribution is 0.812. The Hall–Kier alpha value is -1.39. The molecule has 0 spiro atoms. The number of thiazole rings is 1. The molecular formula is C17H23N3S. The van der Waals surface area contributed by atoms with Crippen molar-refractivity contribution >= 4 is 22.2 Å². The summed E-state index contributed by atoms with van der Waals surface area (Å²) < 4.78 is 0. The van der Waals surface area contributed by atoms with Crippen molar-refractivity contribution in [3.05, 3.63) is 40.4 Å². The first-order valence-electron chi connectivity index (χ1n) is 7.69. The van der Waals surface area contributed by atoms with Gasteiger partial charge in [0.05, 0.1) is 5.69 Å². The molecule has 2 aromatic rings. The van der Waals surface area contributed by atoms with Crippen LogP contribution in [0.5, 0.6) is 0 Å². The fourth-order valence-electron chi connectivity index (χ4n) is 2.52. The summed E-state index contributed by atoms with van der Waals surface area (Å²) in [6, 6.07) is 8.79. The molecule has 3 rings (SSSR count). The SMILES string of the molecule is CCc1ccc(N(C)c2nc(C3CC3)c(CNC)s2)cc1. The van der Waals surface area contributed by atoms with E-state index in [0.29, 0.717) is 5.92 Å². The van der Waals surface area contributed by atoms with Gasteiger partial charge in [0.1, 0.15) is 0 Å². The van der Waals surface area contributed by atoms with Crippen LogP contribution in [0, 0.1) is 0 Å². The van der Waals surface area contributed by atoms with Gasteiger partial charge in [0.15, 0.2) is 5.13 Å². The Morgan fingerprint density at radius 3 is 2.57 bits per heavy atom. The van der Waals surface area contributed by atoms with Crippen LogP contribution in [0.4, 0.5) is 10.8 Å². The first-order valence-corrected chi connectivity index (χ1v) is 8.51. The minimum atomic E-state index is 0.703. The summed E-state index contributed by atoms with van der Waals surface area (Å²) in [5, 5.41) is 4.37. The van der Waals surface area contributed by atoms with Crippen LogP contribution in [-0.4, -0.2) is 19.1 Å². The zero-order valence-corrected chi connectivity index (χ0v) is 13.8. The quantitative estimate of drug-likeness (QED) is 0.871. The van der Waals surface area contributed by atoms with E-state index in [2.05, 4.69) is 48.5 Å². The van der Waals surface area contributed by atoms with Crippen molar-refractivity contribution in [1.82, 2.24) is 10.3 Å². The van der Waals surface area contributed by atoms with Crippen molar-refractivity contribution in [2.45, 2.75) is 38.6 Å². The van der Waals surface area contributed by atoms with Gasteiger partial charge in [-0.2, -0.15) is 0 Å². The number of hydrogen-bond acceptors (Lipinski definition) is 4. The van der Waals surface area contributed by atoms with E-state index in [9.17, 15) is 0 Å². The summed E-state index contributed by atoms with van der Waals surface area (Å²) >= 11 is 1.82. The predicted octanol–water partition coefficient (Wildman–Crippen LogP) is 4.07. The van der Waals surface area contributed by atoms with Gasteiger partial charge in [-0.05, 0) is 44.0 Å². The second kappa shape index (κ2) is 6.16. The second-order valence-corrected chi connectivity index (χ2v) is 6.75. The Labute approximate surface area is 131 Å². The number of nitrogens with one attached hydrogen (secondary N) is 1. The molecule has 0 saturated heterocycles. The average Bonchev–Trinajstić information content (AvgIpc) is 3.28. The normalized spacial score (nSPS) is 14.4. The van der Waals surface area contributed by atoms with Gasteiger partial charge in [-0.15, -0.1) is 0 Å². The second-order valence-electron chi connectivity index (χ2n) is 5.69. The average molecular weight is 301 g/mol. The van der Waals surface area contributed by atoms with Crippen LogP contribution in [0.3, 0.4) is 0 Å². The summed E-state index contributed by atoms with van der Waals surface area (Å²) in [6.07, 6.45) is 3.68. The zero-order valence-electron chi connectivity index (χ0n) is 13.0. The van der Waals surface area contributed by atoms with Crippen molar-refractivity contribution in [3.8, 4) is 0 Å². The van der Waals surface area contributed by atoms with Crippen LogP contribution in [-0.2, 0) is 13.0 Å². The molecule has 0 aliphatic heterocycles. The summed E-state index contributed by atoms with van der Waals surface area (Å²) in [5.74, 6) is 0.703. The maximum atomic E-state index is 4.91. The molecule has 1 heterocycles. The molecule has 0 bridgehead atoms. The highest BCUT2D eigenvalue weighted by molar-refractivity contribution is 7.15. The molecule has 3 nitrogen and oxygen atoms in total. The van der Waals surface area contributed by atoms with E-state index in [4.69, 9.17) is 4.98 Å². The first kappa shape index (κ1) is 14.5. The number of hydrogen-bond donors (Lipinski definition) is 1. The van der Waals surface area contributed by atoms with Crippen LogP contribution in [0.2, 0.25) is 0 Å². The Morgan fingerprint density at radius 2 is 2.00 bits per heavy atom. The standard InChI is InChI=1S/C17H23N3S/c1-4-12-5-9-14(10-6-12)20(3)17-19-16(13-7-8-13)15(21-17)11-18-2/h5-6,9-10,13,18H,4,7-8,11H2,1-3H3. The minimum absolute atomic E-state index is 0.703. The van der Waals surface area contributed by atoms with E-state index < -0.39 is 0 Å². The third-order valence-corrected chi connectivity index (χ3v) is 5.18. The highest BCUT2D eigenvalue weighted by Gasteiger charge is 2.30. The molecule has 1 fully saturated rings. The van der Waals surface area contributed by atoms with Crippen LogP contribution in [0.1, 0.15) is 41.8 Å². The molecular weight excluding hydrogens is 278 g/mol. The first-order chi connectivity index (χ1) is 10.2. The van der Waals surface area contributed by atoms with E-state index in [-0.39, 0.29) is 0 Å². The summed E-state index contributed by atoms with van der Waals surface area (Å²) in [4.78, 5) is 8.51. The minimum Gasteiger partial charge on any atom is -0.321 e. The third kappa shape index (κ3) is 3.11. The van der Waals surface area contributed by atoms with Crippen molar-refractivity contribution in [3.63, 3.8) is 0 Å². The van der Waals surface area contributed by atoms with Crippen LogP contribution in [0.25, 0.3) is 0 Å². The van der Waals surface area contributed by atoms with Crippen LogP contribution in [0.15, 0.2) is 24.3 Å². The fraction of sp³-hybridized carbons (Fsp3) is 0.471. The summed E-state index contributed by atoms with van der Waals surface area (Å²) in [6.45, 7) is 3.11. The number of anilines is 2. The van der Waals surface area contributed by atoms with Crippen molar-refractivity contribution < 1.29 is 0 Å². The van der Waals surface area contributed by atoms with E-state index in [0.717, 1.165) is 18.1 Å². The van der Waals surface area contributed by atoms with E-state index in [1.54, 1.807) is 0 Å². The lowest BCUT2D eigenvalue weighted by Gasteiger charge is -2.16. The molecule has 1 N–H and O–H groups in total. The topological polar surface area (TPSA) is 28.2 Å². The maximum Gasteiger partial charge on any atom is 0.190 e. The maximum absolute atomic E-state index is 4.91. The van der Waals surface area contributed by atoms with Crippen molar-refractivity contribution in [2.75, 3.05) is 19.0 Å². The largest absolute Gasteiger partial charge is 0.321 e. The van der Waals surface area contributed by atoms with E-state index in [1.165, 1.54) is 34.7 Å². The molecule has 1 aromatic carbocycles. The van der Waals surface area contributed by atoms with Gasteiger partial charge in [0.25, 0.3) is 0 Å². The Bertz CT molecular complexity index is 599. The van der Waals surface area contributed by atoms with Crippen molar-refractivity contribution in [2.24, 2.45) is 0 Å². The van der Waals surface area contributed by atoms with Crippen molar-refractivity contribution in [1.29, 1.82) is 0 Å². The number of aromatic nitrogens is 1. The van der Waals surface area contributed by atoms with E-state index >= 15 is 0 Å². The Kier molecular flexibility index (Phi) is 4.27. The molecule has 1 aliphatic rings. The predicted molar refractivity (Wildman–Crippen MR) is 90.7 cm³/mol. The summed E-state index contributed by atoms with van der Waals surface area (Å²) in [7, 11) is 4.11. The number of nitrogens with zero attached hydrogens (tertiary/aromatic N) is 2. The molecule has 1 aromatic heterocycles. The molecule has 1 saturated carbocycles. The molecule has 0 radical (unpaired) electrons. The fourth-order valence-corrected chi connectivity index (χ4v) is 3.66.